The van der Waals surface area contributed by atoms with E-state index in [1.807, 2.05) is 54.3 Å². The van der Waals surface area contributed by atoms with Gasteiger partial charge in [0.15, 0.2) is 0 Å². The number of hydrogen-bond acceptors (Lipinski definition) is 3. The van der Waals surface area contributed by atoms with Gasteiger partial charge in [-0.3, -0.25) is 9.59 Å². The number of likely N-dealkylation sites (tertiary alicyclic amines) is 1. The number of piperidine rings is 1. The van der Waals surface area contributed by atoms with Gasteiger partial charge >= 0.3 is 0 Å². The number of amides is 2. The summed E-state index contributed by atoms with van der Waals surface area (Å²) in [6.45, 7) is 3.21. The monoisotopic (exact) mass is 394 g/mol. The molecule has 0 aromatic heterocycles. The molecule has 1 N–H and O–H groups in total. The van der Waals surface area contributed by atoms with Crippen LogP contribution in [0.15, 0.2) is 54.6 Å². The van der Waals surface area contributed by atoms with Crippen molar-refractivity contribution in [2.24, 2.45) is 5.92 Å². The number of nitrogens with one attached hydrogen (secondary N) is 1. The van der Waals surface area contributed by atoms with E-state index in [9.17, 15) is 9.59 Å². The largest absolute Gasteiger partial charge is 0.497 e. The Morgan fingerprint density at radius 1 is 1.14 bits per heavy atom. The van der Waals surface area contributed by atoms with Crippen LogP contribution in [0.3, 0.4) is 0 Å². The average molecular weight is 395 g/mol. The van der Waals surface area contributed by atoms with Gasteiger partial charge in [0.2, 0.25) is 11.8 Å². The number of benzene rings is 2. The van der Waals surface area contributed by atoms with Gasteiger partial charge in [0.25, 0.3) is 0 Å². The SMILES string of the molecule is CCN1C(=O)CC[C@@H](C(=O)NCCCc2ccc(OC)cc2)[C@@H]1c1ccccc1. The van der Waals surface area contributed by atoms with Crippen molar-refractivity contribution in [2.75, 3.05) is 20.2 Å². The zero-order valence-electron chi connectivity index (χ0n) is 17.3. The van der Waals surface area contributed by atoms with Crippen LogP contribution in [0.1, 0.15) is 43.4 Å². The maximum Gasteiger partial charge on any atom is 0.225 e. The maximum absolute atomic E-state index is 13.0. The van der Waals surface area contributed by atoms with Gasteiger partial charge in [-0.2, -0.15) is 0 Å². The molecule has 0 radical (unpaired) electrons. The highest BCUT2D eigenvalue weighted by atomic mass is 16.5. The molecule has 1 saturated heterocycles. The Hall–Kier alpha value is -2.82. The third-order valence-electron chi connectivity index (χ3n) is 5.63. The normalized spacial score (nSPS) is 19.1. The summed E-state index contributed by atoms with van der Waals surface area (Å²) in [5.74, 6) is 0.807. The Balaban J connectivity index is 1.59. The van der Waals surface area contributed by atoms with Crippen LogP contribution in [0, 0.1) is 5.92 Å². The molecule has 154 valence electrons. The lowest BCUT2D eigenvalue weighted by Gasteiger charge is -2.40. The lowest BCUT2D eigenvalue weighted by molar-refractivity contribution is -0.143. The Morgan fingerprint density at radius 3 is 2.52 bits per heavy atom. The second-order valence-electron chi connectivity index (χ2n) is 7.42. The van der Waals surface area contributed by atoms with Gasteiger partial charge in [0, 0.05) is 19.5 Å². The smallest absolute Gasteiger partial charge is 0.225 e. The van der Waals surface area contributed by atoms with Gasteiger partial charge in [0.05, 0.1) is 19.1 Å². The van der Waals surface area contributed by atoms with Crippen molar-refractivity contribution in [3.05, 3.63) is 65.7 Å². The van der Waals surface area contributed by atoms with Crippen molar-refractivity contribution in [3.63, 3.8) is 0 Å². The number of nitrogens with zero attached hydrogens (tertiary/aromatic N) is 1. The number of hydrogen-bond donors (Lipinski definition) is 1. The van der Waals surface area contributed by atoms with Gasteiger partial charge in [-0.05, 0) is 49.4 Å². The summed E-state index contributed by atoms with van der Waals surface area (Å²) in [6, 6.07) is 17.7. The molecule has 2 atom stereocenters. The van der Waals surface area contributed by atoms with Gasteiger partial charge in [0.1, 0.15) is 5.75 Å². The summed E-state index contributed by atoms with van der Waals surface area (Å²) < 4.78 is 5.18. The van der Waals surface area contributed by atoms with Crippen molar-refractivity contribution >= 4 is 11.8 Å². The Bertz CT molecular complexity index is 805. The number of aryl methyl sites for hydroxylation is 1. The fraction of sp³-hybridized carbons (Fsp3) is 0.417. The van der Waals surface area contributed by atoms with Crippen LogP contribution in [-0.2, 0) is 16.0 Å². The fourth-order valence-electron chi connectivity index (χ4n) is 4.09. The molecule has 5 nitrogen and oxygen atoms in total. The third kappa shape index (κ3) is 5.17. The highest BCUT2D eigenvalue weighted by Gasteiger charge is 2.39. The molecule has 0 spiro atoms. The Labute approximate surface area is 173 Å². The van der Waals surface area contributed by atoms with E-state index in [0.717, 1.165) is 24.2 Å². The number of ether oxygens (including phenoxy) is 1. The van der Waals surface area contributed by atoms with Crippen molar-refractivity contribution < 1.29 is 14.3 Å². The molecule has 2 aromatic carbocycles. The van der Waals surface area contributed by atoms with E-state index in [1.54, 1.807) is 7.11 Å². The molecule has 1 heterocycles. The van der Waals surface area contributed by atoms with Crippen LogP contribution >= 0.6 is 0 Å². The molecular formula is C24H30N2O3. The number of carbonyl (C=O) groups excluding carboxylic acids is 2. The number of methoxy groups -OCH3 is 1. The lowest BCUT2D eigenvalue weighted by atomic mass is 9.83. The first-order valence-electron chi connectivity index (χ1n) is 10.4. The molecule has 1 aliphatic heterocycles. The molecule has 0 aliphatic carbocycles. The van der Waals surface area contributed by atoms with E-state index in [0.29, 0.717) is 25.9 Å². The number of rotatable bonds is 8. The molecule has 2 aromatic rings. The van der Waals surface area contributed by atoms with Gasteiger partial charge in [-0.25, -0.2) is 0 Å². The summed E-state index contributed by atoms with van der Waals surface area (Å²) in [4.78, 5) is 27.3. The van der Waals surface area contributed by atoms with Crippen LogP contribution < -0.4 is 10.1 Å². The van der Waals surface area contributed by atoms with Crippen molar-refractivity contribution in [3.8, 4) is 5.75 Å². The minimum atomic E-state index is -0.212. The highest BCUT2D eigenvalue weighted by molar-refractivity contribution is 5.85. The van der Waals surface area contributed by atoms with Crippen LogP contribution in [0.5, 0.6) is 5.75 Å². The van der Waals surface area contributed by atoms with Gasteiger partial charge < -0.3 is 15.0 Å². The van der Waals surface area contributed by atoms with Gasteiger partial charge in [-0.15, -0.1) is 0 Å². The average Bonchev–Trinajstić information content (AvgIpc) is 2.77. The summed E-state index contributed by atoms with van der Waals surface area (Å²) in [6.07, 6.45) is 2.80. The second-order valence-corrected chi connectivity index (χ2v) is 7.42. The number of carbonyl (C=O) groups is 2. The zero-order valence-corrected chi connectivity index (χ0v) is 17.3. The highest BCUT2D eigenvalue weighted by Crippen LogP contribution is 2.36. The molecule has 29 heavy (non-hydrogen) atoms. The summed E-state index contributed by atoms with van der Waals surface area (Å²) in [5.41, 5.74) is 2.25. The van der Waals surface area contributed by atoms with E-state index >= 15 is 0 Å². The Kier molecular flexibility index (Phi) is 7.28. The summed E-state index contributed by atoms with van der Waals surface area (Å²) in [7, 11) is 1.66. The van der Waals surface area contributed by atoms with E-state index in [4.69, 9.17) is 4.74 Å². The van der Waals surface area contributed by atoms with Crippen LogP contribution in [0.25, 0.3) is 0 Å². The Morgan fingerprint density at radius 2 is 1.86 bits per heavy atom. The molecule has 0 saturated carbocycles. The predicted octanol–water partition coefficient (Wildman–Crippen LogP) is 3.74. The molecule has 1 aliphatic rings. The second kappa shape index (κ2) is 10.1. The minimum absolute atomic E-state index is 0.0412. The maximum atomic E-state index is 13.0. The van der Waals surface area contributed by atoms with E-state index < -0.39 is 0 Å². The van der Waals surface area contributed by atoms with E-state index in [-0.39, 0.29) is 23.8 Å². The first-order valence-corrected chi connectivity index (χ1v) is 10.4. The van der Waals surface area contributed by atoms with Crippen LogP contribution in [0.2, 0.25) is 0 Å². The summed E-state index contributed by atoms with van der Waals surface area (Å²) >= 11 is 0. The van der Waals surface area contributed by atoms with E-state index in [1.165, 1.54) is 5.56 Å². The fourth-order valence-corrected chi connectivity index (χ4v) is 4.09. The van der Waals surface area contributed by atoms with Crippen molar-refractivity contribution in [1.29, 1.82) is 0 Å². The van der Waals surface area contributed by atoms with Crippen molar-refractivity contribution in [2.45, 2.75) is 38.6 Å². The molecular weight excluding hydrogens is 364 g/mol. The van der Waals surface area contributed by atoms with Crippen LogP contribution in [0.4, 0.5) is 0 Å². The standard InChI is InChI=1S/C24H30N2O3/c1-3-26-22(27)16-15-21(23(26)19-9-5-4-6-10-19)24(28)25-17-7-8-18-11-13-20(29-2)14-12-18/h4-6,9-14,21,23H,3,7-8,15-17H2,1-2H3,(H,25,28)/t21-,23+/m1/s1. The third-order valence-corrected chi connectivity index (χ3v) is 5.63. The molecule has 5 heteroatoms. The molecule has 2 amide bonds. The quantitative estimate of drug-likeness (QED) is 0.694. The van der Waals surface area contributed by atoms with Crippen molar-refractivity contribution in [1.82, 2.24) is 10.2 Å². The van der Waals surface area contributed by atoms with E-state index in [2.05, 4.69) is 17.4 Å². The zero-order chi connectivity index (χ0) is 20.6. The molecule has 0 unspecified atom stereocenters. The van der Waals surface area contributed by atoms with Gasteiger partial charge in [-0.1, -0.05) is 42.5 Å². The first kappa shape index (κ1) is 20.9. The topological polar surface area (TPSA) is 58.6 Å². The summed E-state index contributed by atoms with van der Waals surface area (Å²) in [5, 5.41) is 3.10. The van der Waals surface area contributed by atoms with Crippen LogP contribution in [-0.4, -0.2) is 36.9 Å². The lowest BCUT2D eigenvalue weighted by Crippen LogP contribution is -2.48. The predicted molar refractivity (Wildman–Crippen MR) is 114 cm³/mol. The minimum Gasteiger partial charge on any atom is -0.497 e. The first-order chi connectivity index (χ1) is 14.1. The molecule has 1 fully saturated rings. The molecule has 3 rings (SSSR count). The molecule has 0 bridgehead atoms.